The molecule has 1 aromatic heterocycles. The highest BCUT2D eigenvalue weighted by Crippen LogP contribution is 2.32. The summed E-state index contributed by atoms with van der Waals surface area (Å²) in [5.74, 6) is 1.16. The maximum atomic E-state index is 10.5. The molecule has 1 heterocycles. The van der Waals surface area contributed by atoms with Crippen molar-refractivity contribution in [1.82, 2.24) is 0 Å². The van der Waals surface area contributed by atoms with E-state index in [0.717, 1.165) is 18.7 Å². The van der Waals surface area contributed by atoms with E-state index in [1.165, 1.54) is 12.8 Å². The second-order valence-corrected chi connectivity index (χ2v) is 3.71. The fourth-order valence-electron chi connectivity index (χ4n) is 1.61. The first-order valence-electron chi connectivity index (χ1n) is 5.15. The number of hydrogen-bond acceptors (Lipinski definition) is 4. The summed E-state index contributed by atoms with van der Waals surface area (Å²) in [6.07, 6.45) is 3.12. The van der Waals surface area contributed by atoms with E-state index in [1.807, 2.05) is 6.07 Å². The van der Waals surface area contributed by atoms with Crippen molar-refractivity contribution >= 4 is 12.2 Å². The molecule has 0 saturated heterocycles. The minimum Gasteiger partial charge on any atom is -0.438 e. The summed E-state index contributed by atoms with van der Waals surface area (Å²) in [6, 6.07) is 4.10. The molecular weight excluding hydrogens is 194 g/mol. The van der Waals surface area contributed by atoms with Crippen LogP contribution in [0.15, 0.2) is 16.5 Å². The van der Waals surface area contributed by atoms with Crippen LogP contribution in [-0.4, -0.2) is 32.6 Å². The predicted octanol–water partition coefficient (Wildman–Crippen LogP) is 1.71. The van der Waals surface area contributed by atoms with Crippen molar-refractivity contribution in [3.05, 3.63) is 17.9 Å². The smallest absolute Gasteiger partial charge is 0.196 e. The summed E-state index contributed by atoms with van der Waals surface area (Å²) in [6.45, 7) is 1.49. The molecule has 1 aliphatic carbocycles. The van der Waals surface area contributed by atoms with Crippen LogP contribution < -0.4 is 4.90 Å². The molecule has 4 heteroatoms. The summed E-state index contributed by atoms with van der Waals surface area (Å²) in [4.78, 5) is 12.7. The van der Waals surface area contributed by atoms with Crippen molar-refractivity contribution in [3.8, 4) is 0 Å². The third-order valence-corrected chi connectivity index (χ3v) is 2.54. The minimum absolute atomic E-state index is 0.382. The Morgan fingerprint density at radius 3 is 2.93 bits per heavy atom. The van der Waals surface area contributed by atoms with E-state index in [0.29, 0.717) is 18.4 Å². The number of methoxy groups -OCH3 is 1. The molecule has 4 nitrogen and oxygen atoms in total. The first-order chi connectivity index (χ1) is 7.35. The fourth-order valence-corrected chi connectivity index (χ4v) is 1.61. The molecule has 1 aromatic rings. The van der Waals surface area contributed by atoms with Gasteiger partial charge in [-0.1, -0.05) is 0 Å². The lowest BCUT2D eigenvalue weighted by atomic mass is 10.4. The molecule has 0 amide bonds. The van der Waals surface area contributed by atoms with Crippen LogP contribution in [0.4, 0.5) is 5.88 Å². The van der Waals surface area contributed by atoms with E-state index in [2.05, 4.69) is 4.90 Å². The summed E-state index contributed by atoms with van der Waals surface area (Å²) >= 11 is 0. The van der Waals surface area contributed by atoms with Gasteiger partial charge in [-0.05, 0) is 18.9 Å². The molecule has 0 unspecified atom stereocenters. The van der Waals surface area contributed by atoms with Crippen LogP contribution in [0, 0.1) is 0 Å². The topological polar surface area (TPSA) is 42.7 Å². The number of hydrogen-bond donors (Lipinski definition) is 0. The highest BCUT2D eigenvalue weighted by molar-refractivity contribution is 5.71. The highest BCUT2D eigenvalue weighted by atomic mass is 16.5. The standard InChI is InChI=1S/C11H15NO3/c1-14-7-6-12(9-2-3-9)11-5-4-10(8-13)15-11/h4-5,8-9H,2-3,6-7H2,1H3. The second kappa shape index (κ2) is 4.49. The number of aldehydes is 1. The monoisotopic (exact) mass is 209 g/mol. The molecule has 2 rings (SSSR count). The van der Waals surface area contributed by atoms with Crippen LogP contribution in [0.1, 0.15) is 23.4 Å². The van der Waals surface area contributed by atoms with Crippen LogP contribution in [0.2, 0.25) is 0 Å². The lowest BCUT2D eigenvalue weighted by Gasteiger charge is -2.20. The lowest BCUT2D eigenvalue weighted by molar-refractivity contribution is 0.110. The Balaban J connectivity index is 2.05. The van der Waals surface area contributed by atoms with Crippen LogP contribution in [-0.2, 0) is 4.74 Å². The molecule has 1 saturated carbocycles. The molecule has 82 valence electrons. The molecule has 1 fully saturated rings. The number of carbonyl (C=O) groups excluding carboxylic acids is 1. The van der Waals surface area contributed by atoms with Crippen molar-refractivity contribution in [1.29, 1.82) is 0 Å². The van der Waals surface area contributed by atoms with Gasteiger partial charge in [-0.15, -0.1) is 0 Å². The second-order valence-electron chi connectivity index (χ2n) is 3.71. The van der Waals surface area contributed by atoms with Gasteiger partial charge in [0.2, 0.25) is 0 Å². The fraction of sp³-hybridized carbons (Fsp3) is 0.545. The molecule has 0 N–H and O–H groups in total. The Kier molecular flexibility index (Phi) is 3.06. The third-order valence-electron chi connectivity index (χ3n) is 2.54. The van der Waals surface area contributed by atoms with E-state index >= 15 is 0 Å². The SMILES string of the molecule is COCCN(c1ccc(C=O)o1)C1CC1. The van der Waals surface area contributed by atoms with Crippen molar-refractivity contribution < 1.29 is 13.9 Å². The van der Waals surface area contributed by atoms with Crippen molar-refractivity contribution in [2.75, 3.05) is 25.2 Å². The number of ether oxygens (including phenoxy) is 1. The summed E-state index contributed by atoms with van der Waals surface area (Å²) < 4.78 is 10.4. The Bertz CT molecular complexity index is 330. The average Bonchev–Trinajstić information content (AvgIpc) is 2.97. The average molecular weight is 209 g/mol. The summed E-state index contributed by atoms with van der Waals surface area (Å²) in [5, 5.41) is 0. The highest BCUT2D eigenvalue weighted by Gasteiger charge is 2.30. The van der Waals surface area contributed by atoms with Gasteiger partial charge in [-0.25, -0.2) is 0 Å². The first-order valence-corrected chi connectivity index (χ1v) is 5.15. The Labute approximate surface area is 88.8 Å². The molecule has 0 aliphatic heterocycles. The molecule has 0 aromatic carbocycles. The van der Waals surface area contributed by atoms with Crippen molar-refractivity contribution in [2.45, 2.75) is 18.9 Å². The van der Waals surface area contributed by atoms with Crippen molar-refractivity contribution in [2.24, 2.45) is 0 Å². The Morgan fingerprint density at radius 1 is 1.60 bits per heavy atom. The Hall–Kier alpha value is -1.29. The van der Waals surface area contributed by atoms with Gasteiger partial charge in [0.1, 0.15) is 0 Å². The Morgan fingerprint density at radius 2 is 2.40 bits per heavy atom. The van der Waals surface area contributed by atoms with E-state index in [9.17, 15) is 4.79 Å². The largest absolute Gasteiger partial charge is 0.438 e. The van der Waals surface area contributed by atoms with Crippen molar-refractivity contribution in [3.63, 3.8) is 0 Å². The van der Waals surface area contributed by atoms with Gasteiger partial charge < -0.3 is 14.1 Å². The van der Waals surface area contributed by atoms with Gasteiger partial charge in [0.25, 0.3) is 0 Å². The zero-order valence-corrected chi connectivity index (χ0v) is 8.81. The molecular formula is C11H15NO3. The molecule has 0 atom stereocenters. The van der Waals surface area contributed by atoms with Crippen LogP contribution in [0.25, 0.3) is 0 Å². The number of rotatable bonds is 6. The zero-order valence-electron chi connectivity index (χ0n) is 8.81. The van der Waals surface area contributed by atoms with Gasteiger partial charge in [0.05, 0.1) is 6.61 Å². The van der Waals surface area contributed by atoms with Gasteiger partial charge >= 0.3 is 0 Å². The van der Waals surface area contributed by atoms with E-state index in [-0.39, 0.29) is 0 Å². The first kappa shape index (κ1) is 10.2. The van der Waals surface area contributed by atoms with Gasteiger partial charge in [-0.2, -0.15) is 0 Å². The summed E-state index contributed by atoms with van der Waals surface area (Å²) in [7, 11) is 1.68. The maximum Gasteiger partial charge on any atom is 0.196 e. The number of furan rings is 1. The van der Waals surface area contributed by atoms with E-state index in [1.54, 1.807) is 13.2 Å². The van der Waals surface area contributed by atoms with Gasteiger partial charge in [0, 0.05) is 25.8 Å². The third kappa shape index (κ3) is 2.39. The molecule has 1 aliphatic rings. The van der Waals surface area contributed by atoms with Crippen LogP contribution in [0.3, 0.4) is 0 Å². The zero-order chi connectivity index (χ0) is 10.7. The van der Waals surface area contributed by atoms with Gasteiger partial charge in [-0.3, -0.25) is 4.79 Å². The number of anilines is 1. The van der Waals surface area contributed by atoms with E-state index in [4.69, 9.17) is 9.15 Å². The van der Waals surface area contributed by atoms with Crippen LogP contribution >= 0.6 is 0 Å². The molecule has 0 bridgehead atoms. The quantitative estimate of drug-likeness (QED) is 0.669. The lowest BCUT2D eigenvalue weighted by Crippen LogP contribution is -2.28. The molecule has 0 spiro atoms. The number of carbonyl (C=O) groups is 1. The molecule has 15 heavy (non-hydrogen) atoms. The van der Waals surface area contributed by atoms with Gasteiger partial charge in [0.15, 0.2) is 17.9 Å². The molecule has 0 radical (unpaired) electrons. The number of nitrogens with zero attached hydrogens (tertiary/aromatic N) is 1. The normalized spacial score (nSPS) is 15.3. The van der Waals surface area contributed by atoms with Crippen LogP contribution in [0.5, 0.6) is 0 Å². The minimum atomic E-state index is 0.382. The van der Waals surface area contributed by atoms with E-state index < -0.39 is 0 Å². The maximum absolute atomic E-state index is 10.5. The summed E-state index contributed by atoms with van der Waals surface area (Å²) in [5.41, 5.74) is 0. The predicted molar refractivity (Wildman–Crippen MR) is 56.3 cm³/mol.